The molecule has 1 atom stereocenters. The number of piperidine rings is 1. The Bertz CT molecular complexity index is 451. The quantitative estimate of drug-likeness (QED) is 0.818. The molecule has 0 radical (unpaired) electrons. The van der Waals surface area contributed by atoms with Gasteiger partial charge in [-0.15, -0.1) is 0 Å². The molecule has 0 aromatic carbocycles. The van der Waals surface area contributed by atoms with E-state index in [-0.39, 0.29) is 6.54 Å². The van der Waals surface area contributed by atoms with Gasteiger partial charge in [-0.1, -0.05) is 13.8 Å². The topological polar surface area (TPSA) is 86.7 Å². The van der Waals surface area contributed by atoms with Crippen molar-refractivity contribution in [2.75, 3.05) is 6.54 Å². The maximum absolute atomic E-state index is 12.4. The third-order valence-corrected chi connectivity index (χ3v) is 5.09. The molecule has 0 bridgehead atoms. The molecular weight excluding hydrogens is 268 g/mol. The summed E-state index contributed by atoms with van der Waals surface area (Å²) in [5, 5.41) is 9.37. The van der Waals surface area contributed by atoms with Gasteiger partial charge in [-0.2, -0.15) is 17.4 Å². The van der Waals surface area contributed by atoms with Crippen molar-refractivity contribution in [1.82, 2.24) is 9.03 Å². The summed E-state index contributed by atoms with van der Waals surface area (Å²) in [6.07, 6.45) is 1.37. The molecule has 1 aliphatic rings. The highest BCUT2D eigenvalue weighted by Gasteiger charge is 2.47. The van der Waals surface area contributed by atoms with Crippen molar-refractivity contribution in [3.8, 4) is 0 Å². The SMILES string of the molecule is CC(C)(C)NS(=O)(=O)N1CCCC(C)(C)C1C(=O)O. The number of carboxylic acid groups (broad SMARTS) is 1. The van der Waals surface area contributed by atoms with Gasteiger partial charge in [0.05, 0.1) is 0 Å². The Balaban J connectivity index is 3.12. The van der Waals surface area contributed by atoms with Gasteiger partial charge in [0.15, 0.2) is 0 Å². The minimum absolute atomic E-state index is 0.242. The van der Waals surface area contributed by atoms with Crippen LogP contribution in [-0.4, -0.2) is 41.9 Å². The van der Waals surface area contributed by atoms with E-state index >= 15 is 0 Å². The van der Waals surface area contributed by atoms with Crippen molar-refractivity contribution < 1.29 is 18.3 Å². The lowest BCUT2D eigenvalue weighted by molar-refractivity contribution is -0.147. The Morgan fingerprint density at radius 3 is 2.32 bits per heavy atom. The van der Waals surface area contributed by atoms with Crippen molar-refractivity contribution in [1.29, 1.82) is 0 Å². The molecule has 1 unspecified atom stereocenters. The first-order valence-corrected chi connectivity index (χ1v) is 7.84. The van der Waals surface area contributed by atoms with E-state index in [9.17, 15) is 18.3 Å². The molecule has 1 aliphatic heterocycles. The molecule has 1 fully saturated rings. The second-order valence-corrected chi connectivity index (χ2v) is 8.42. The van der Waals surface area contributed by atoms with Crippen LogP contribution in [-0.2, 0) is 15.0 Å². The van der Waals surface area contributed by atoms with Gasteiger partial charge in [-0.25, -0.2) is 0 Å². The Morgan fingerprint density at radius 1 is 1.37 bits per heavy atom. The highest BCUT2D eigenvalue weighted by molar-refractivity contribution is 7.87. The monoisotopic (exact) mass is 292 g/mol. The molecule has 1 rings (SSSR count). The molecule has 0 aliphatic carbocycles. The standard InChI is InChI=1S/C12H24N2O4S/c1-11(2,3)13-19(17,18)14-8-6-7-12(4,5)9(14)10(15)16/h9,13H,6-8H2,1-5H3,(H,15,16). The lowest BCUT2D eigenvalue weighted by Crippen LogP contribution is -2.60. The summed E-state index contributed by atoms with van der Waals surface area (Å²) >= 11 is 0. The molecule has 19 heavy (non-hydrogen) atoms. The number of aliphatic carboxylic acids is 1. The number of rotatable bonds is 3. The number of nitrogens with one attached hydrogen (secondary N) is 1. The lowest BCUT2D eigenvalue weighted by atomic mass is 9.77. The van der Waals surface area contributed by atoms with Crippen LogP contribution in [0.4, 0.5) is 0 Å². The maximum atomic E-state index is 12.4. The van der Waals surface area contributed by atoms with Gasteiger partial charge in [0.2, 0.25) is 0 Å². The molecule has 0 saturated carbocycles. The van der Waals surface area contributed by atoms with Crippen LogP contribution in [0.2, 0.25) is 0 Å². The van der Waals surface area contributed by atoms with Crippen molar-refractivity contribution in [2.45, 2.75) is 59.0 Å². The maximum Gasteiger partial charge on any atom is 0.322 e. The molecule has 0 aromatic rings. The summed E-state index contributed by atoms with van der Waals surface area (Å²) in [6.45, 7) is 9.03. The van der Waals surface area contributed by atoms with E-state index in [2.05, 4.69) is 4.72 Å². The second kappa shape index (κ2) is 5.03. The highest BCUT2D eigenvalue weighted by atomic mass is 32.2. The molecule has 0 aromatic heterocycles. The second-order valence-electron chi connectivity index (χ2n) is 6.80. The minimum atomic E-state index is -3.80. The van der Waals surface area contributed by atoms with Crippen molar-refractivity contribution >= 4 is 16.2 Å². The van der Waals surface area contributed by atoms with Crippen LogP contribution in [0.15, 0.2) is 0 Å². The predicted molar refractivity (Wildman–Crippen MR) is 73.0 cm³/mol. The molecule has 0 amide bonds. The van der Waals surface area contributed by atoms with Gasteiger partial charge in [0.25, 0.3) is 10.2 Å². The van der Waals surface area contributed by atoms with Crippen molar-refractivity contribution in [2.24, 2.45) is 5.41 Å². The Hall–Kier alpha value is -0.660. The normalized spacial score (nSPS) is 25.2. The largest absolute Gasteiger partial charge is 0.480 e. The average molecular weight is 292 g/mol. The summed E-state index contributed by atoms with van der Waals surface area (Å²) in [7, 11) is -3.80. The first-order chi connectivity index (χ1) is 8.37. The Morgan fingerprint density at radius 2 is 1.89 bits per heavy atom. The molecule has 1 saturated heterocycles. The molecule has 6 nitrogen and oxygen atoms in total. The molecule has 7 heteroatoms. The van der Waals surface area contributed by atoms with Crippen molar-refractivity contribution in [3.05, 3.63) is 0 Å². The average Bonchev–Trinajstić information content (AvgIpc) is 2.10. The van der Waals surface area contributed by atoms with Gasteiger partial charge in [0.1, 0.15) is 6.04 Å². The summed E-state index contributed by atoms with van der Waals surface area (Å²) in [5.41, 5.74) is -1.21. The fourth-order valence-corrected chi connectivity index (χ4v) is 4.42. The van der Waals surface area contributed by atoms with Crippen LogP contribution in [0.25, 0.3) is 0 Å². The summed E-state index contributed by atoms with van der Waals surface area (Å²) < 4.78 is 28.3. The first kappa shape index (κ1) is 16.4. The Labute approximate surface area is 115 Å². The van der Waals surface area contributed by atoms with Gasteiger partial charge in [0, 0.05) is 12.1 Å². The van der Waals surface area contributed by atoms with Gasteiger partial charge < -0.3 is 5.11 Å². The molecule has 0 spiro atoms. The van der Waals surface area contributed by atoms with E-state index in [0.29, 0.717) is 12.8 Å². The number of hydrogen-bond acceptors (Lipinski definition) is 3. The van der Waals surface area contributed by atoms with Gasteiger partial charge in [-0.05, 0) is 39.0 Å². The third kappa shape index (κ3) is 3.90. The van der Waals surface area contributed by atoms with Crippen LogP contribution >= 0.6 is 0 Å². The molecule has 112 valence electrons. The van der Waals surface area contributed by atoms with Gasteiger partial charge >= 0.3 is 5.97 Å². The van der Waals surface area contributed by atoms with E-state index in [1.807, 2.05) is 0 Å². The van der Waals surface area contributed by atoms with E-state index in [1.165, 1.54) is 0 Å². The van der Waals surface area contributed by atoms with E-state index in [0.717, 1.165) is 4.31 Å². The Kier molecular flexibility index (Phi) is 4.34. The van der Waals surface area contributed by atoms with Crippen LogP contribution in [0.5, 0.6) is 0 Å². The zero-order chi connectivity index (χ0) is 15.1. The summed E-state index contributed by atoms with van der Waals surface area (Å²) in [4.78, 5) is 11.5. The molecule has 1 heterocycles. The third-order valence-electron chi connectivity index (χ3n) is 3.21. The highest BCUT2D eigenvalue weighted by Crippen LogP contribution is 2.36. The number of carboxylic acids is 1. The van der Waals surface area contributed by atoms with Crippen LogP contribution in [0, 0.1) is 5.41 Å². The number of hydrogen-bond donors (Lipinski definition) is 2. The molecule has 2 N–H and O–H groups in total. The van der Waals surface area contributed by atoms with E-state index in [4.69, 9.17) is 0 Å². The van der Waals surface area contributed by atoms with Gasteiger partial charge in [-0.3, -0.25) is 4.79 Å². The van der Waals surface area contributed by atoms with E-state index < -0.39 is 33.2 Å². The minimum Gasteiger partial charge on any atom is -0.480 e. The number of nitrogens with zero attached hydrogens (tertiary/aromatic N) is 1. The zero-order valence-corrected chi connectivity index (χ0v) is 13.0. The fraction of sp³-hybridized carbons (Fsp3) is 0.917. The van der Waals surface area contributed by atoms with Crippen LogP contribution < -0.4 is 4.72 Å². The molecular formula is C12H24N2O4S. The number of carbonyl (C=O) groups is 1. The predicted octanol–water partition coefficient (Wildman–Crippen LogP) is 1.19. The smallest absolute Gasteiger partial charge is 0.322 e. The van der Waals surface area contributed by atoms with E-state index in [1.54, 1.807) is 34.6 Å². The first-order valence-electron chi connectivity index (χ1n) is 6.40. The zero-order valence-electron chi connectivity index (χ0n) is 12.2. The van der Waals surface area contributed by atoms with Crippen LogP contribution in [0.3, 0.4) is 0 Å². The fourth-order valence-electron chi connectivity index (χ4n) is 2.51. The summed E-state index contributed by atoms with van der Waals surface area (Å²) in [5.74, 6) is -1.09. The summed E-state index contributed by atoms with van der Waals surface area (Å²) in [6, 6.07) is -1.03. The van der Waals surface area contributed by atoms with Crippen LogP contribution in [0.1, 0.15) is 47.5 Å². The van der Waals surface area contributed by atoms with Crippen molar-refractivity contribution in [3.63, 3.8) is 0 Å². The lowest BCUT2D eigenvalue weighted by Gasteiger charge is -2.43.